The summed E-state index contributed by atoms with van der Waals surface area (Å²) < 4.78 is 31.1. The second-order valence-corrected chi connectivity index (χ2v) is 6.10. The highest BCUT2D eigenvalue weighted by atomic mass is 32.2. The lowest BCUT2D eigenvalue weighted by Crippen LogP contribution is -2.31. The second kappa shape index (κ2) is 6.41. The second-order valence-electron chi connectivity index (χ2n) is 4.38. The van der Waals surface area contributed by atoms with Crippen LogP contribution in [0.15, 0.2) is 54.6 Å². The third-order valence-electron chi connectivity index (χ3n) is 2.80. The predicted molar refractivity (Wildman–Crippen MR) is 79.5 cm³/mol. The Balaban J connectivity index is 2.15. The molecule has 0 aliphatic rings. The summed E-state index contributed by atoms with van der Waals surface area (Å²) in [6, 6.07) is 15.1. The van der Waals surface area contributed by atoms with E-state index in [9.17, 15) is 13.2 Å². The Morgan fingerprint density at radius 2 is 1.67 bits per heavy atom. The van der Waals surface area contributed by atoms with Gasteiger partial charge in [-0.2, -0.15) is 0 Å². The number of sulfonamides is 1. The maximum atomic E-state index is 12.1. The van der Waals surface area contributed by atoms with Crippen molar-refractivity contribution in [1.29, 1.82) is 0 Å². The largest absolute Gasteiger partial charge is 0.496 e. The number of carbonyl (C=O) groups is 1. The molecule has 21 heavy (non-hydrogen) atoms. The van der Waals surface area contributed by atoms with Crippen molar-refractivity contribution in [1.82, 2.24) is 4.72 Å². The zero-order chi connectivity index (χ0) is 15.3. The van der Waals surface area contributed by atoms with Crippen LogP contribution < -0.4 is 9.46 Å². The maximum Gasteiger partial charge on any atom is 0.268 e. The Bertz CT molecular complexity index is 726. The van der Waals surface area contributed by atoms with Crippen molar-refractivity contribution in [2.75, 3.05) is 7.11 Å². The van der Waals surface area contributed by atoms with Gasteiger partial charge in [0.1, 0.15) is 5.75 Å². The zero-order valence-electron chi connectivity index (χ0n) is 11.4. The number of nitrogens with one attached hydrogen (secondary N) is 1. The quantitative estimate of drug-likeness (QED) is 0.916. The number of methoxy groups -OCH3 is 1. The average molecular weight is 305 g/mol. The van der Waals surface area contributed by atoms with Crippen LogP contribution in [-0.2, 0) is 15.8 Å². The van der Waals surface area contributed by atoms with E-state index in [1.807, 2.05) is 4.72 Å². The van der Waals surface area contributed by atoms with Gasteiger partial charge in [0.25, 0.3) is 5.91 Å². The molecule has 0 fully saturated rings. The number of amides is 1. The molecule has 0 aliphatic carbocycles. The molecule has 0 radical (unpaired) electrons. The topological polar surface area (TPSA) is 72.5 Å². The van der Waals surface area contributed by atoms with Gasteiger partial charge < -0.3 is 4.74 Å². The van der Waals surface area contributed by atoms with E-state index < -0.39 is 15.9 Å². The summed E-state index contributed by atoms with van der Waals surface area (Å²) in [7, 11) is -2.34. The fraction of sp³-hybridized carbons (Fsp3) is 0.133. The molecule has 0 saturated heterocycles. The zero-order valence-corrected chi connectivity index (χ0v) is 12.3. The minimum Gasteiger partial charge on any atom is -0.496 e. The van der Waals surface area contributed by atoms with Crippen LogP contribution in [0.25, 0.3) is 0 Å². The van der Waals surface area contributed by atoms with Crippen molar-refractivity contribution in [2.45, 2.75) is 5.75 Å². The van der Waals surface area contributed by atoms with Crippen molar-refractivity contribution in [3.8, 4) is 5.75 Å². The molecule has 0 spiro atoms. The molecule has 0 unspecified atom stereocenters. The van der Waals surface area contributed by atoms with Gasteiger partial charge in [-0.25, -0.2) is 13.1 Å². The van der Waals surface area contributed by atoms with Crippen molar-refractivity contribution in [3.05, 3.63) is 65.7 Å². The molecule has 2 rings (SSSR count). The van der Waals surface area contributed by atoms with Gasteiger partial charge in [0.2, 0.25) is 10.0 Å². The number of hydrogen-bond acceptors (Lipinski definition) is 4. The molecule has 1 amide bonds. The Kier molecular flexibility index (Phi) is 4.59. The van der Waals surface area contributed by atoms with Gasteiger partial charge in [-0.1, -0.05) is 42.5 Å². The van der Waals surface area contributed by atoms with Gasteiger partial charge >= 0.3 is 0 Å². The molecule has 0 aromatic heterocycles. The van der Waals surface area contributed by atoms with Gasteiger partial charge in [0.05, 0.1) is 18.4 Å². The summed E-state index contributed by atoms with van der Waals surface area (Å²) in [4.78, 5) is 12.1. The molecule has 0 aliphatic heterocycles. The number of rotatable bonds is 5. The summed E-state index contributed by atoms with van der Waals surface area (Å²) in [6.07, 6.45) is 0. The average Bonchev–Trinajstić information content (AvgIpc) is 2.47. The molecule has 0 heterocycles. The number of ether oxygens (including phenoxy) is 1. The van der Waals surface area contributed by atoms with E-state index >= 15 is 0 Å². The van der Waals surface area contributed by atoms with Gasteiger partial charge in [-0.3, -0.25) is 4.79 Å². The standard InChI is InChI=1S/C15H15NO4S/c1-20-14-10-6-5-9-13(14)15(17)16-21(18,19)11-12-7-3-2-4-8-12/h2-10H,11H2,1H3,(H,16,17). The lowest BCUT2D eigenvalue weighted by Gasteiger charge is -2.09. The molecule has 6 heteroatoms. The highest BCUT2D eigenvalue weighted by Crippen LogP contribution is 2.17. The van der Waals surface area contributed by atoms with E-state index in [-0.39, 0.29) is 11.3 Å². The smallest absolute Gasteiger partial charge is 0.268 e. The maximum absolute atomic E-state index is 12.1. The summed E-state index contributed by atoms with van der Waals surface area (Å²) in [6.45, 7) is 0. The van der Waals surface area contributed by atoms with E-state index in [0.717, 1.165) is 0 Å². The molecular formula is C15H15NO4S. The summed E-state index contributed by atoms with van der Waals surface area (Å²) in [5, 5.41) is 0. The molecular weight excluding hydrogens is 290 g/mol. The third kappa shape index (κ3) is 4.06. The molecule has 110 valence electrons. The molecule has 0 bridgehead atoms. The molecule has 0 saturated carbocycles. The summed E-state index contributed by atoms with van der Waals surface area (Å²) >= 11 is 0. The van der Waals surface area contributed by atoms with Gasteiger partial charge in [-0.05, 0) is 17.7 Å². The van der Waals surface area contributed by atoms with Crippen LogP contribution >= 0.6 is 0 Å². The van der Waals surface area contributed by atoms with Crippen LogP contribution in [0.2, 0.25) is 0 Å². The summed E-state index contributed by atoms with van der Waals surface area (Å²) in [5.41, 5.74) is 0.787. The van der Waals surface area contributed by atoms with E-state index in [1.54, 1.807) is 48.5 Å². The fourth-order valence-corrected chi connectivity index (χ4v) is 2.95. The van der Waals surface area contributed by atoms with E-state index in [1.165, 1.54) is 13.2 Å². The first kappa shape index (κ1) is 15.1. The van der Waals surface area contributed by atoms with Crippen molar-refractivity contribution in [2.24, 2.45) is 0 Å². The van der Waals surface area contributed by atoms with Gasteiger partial charge in [0.15, 0.2) is 0 Å². The fourth-order valence-electron chi connectivity index (χ4n) is 1.86. The first-order valence-corrected chi connectivity index (χ1v) is 7.89. The lowest BCUT2D eigenvalue weighted by atomic mass is 10.2. The summed E-state index contributed by atoms with van der Waals surface area (Å²) in [5.74, 6) is -0.636. The van der Waals surface area contributed by atoms with Crippen LogP contribution in [0.5, 0.6) is 5.75 Å². The number of hydrogen-bond donors (Lipinski definition) is 1. The van der Waals surface area contributed by atoms with E-state index in [4.69, 9.17) is 4.74 Å². The minimum absolute atomic E-state index is 0.177. The van der Waals surface area contributed by atoms with Gasteiger partial charge in [-0.15, -0.1) is 0 Å². The van der Waals surface area contributed by atoms with Gasteiger partial charge in [0, 0.05) is 0 Å². The molecule has 2 aromatic rings. The number of para-hydroxylation sites is 1. The molecule has 2 aromatic carbocycles. The Hall–Kier alpha value is -2.34. The Labute approximate surface area is 123 Å². The number of carbonyl (C=O) groups excluding carboxylic acids is 1. The van der Waals surface area contributed by atoms with E-state index in [2.05, 4.69) is 0 Å². The minimum atomic E-state index is -3.76. The first-order chi connectivity index (χ1) is 10.0. The SMILES string of the molecule is COc1ccccc1C(=O)NS(=O)(=O)Cc1ccccc1. The normalized spacial score (nSPS) is 10.9. The molecule has 0 atom stereocenters. The number of benzene rings is 2. The lowest BCUT2D eigenvalue weighted by molar-refractivity contribution is 0.0978. The molecule has 1 N–H and O–H groups in total. The predicted octanol–water partition coefficient (Wildman–Crippen LogP) is 1.96. The Morgan fingerprint density at radius 3 is 2.33 bits per heavy atom. The van der Waals surface area contributed by atoms with Crippen molar-refractivity contribution in [3.63, 3.8) is 0 Å². The van der Waals surface area contributed by atoms with Crippen LogP contribution in [-0.4, -0.2) is 21.4 Å². The first-order valence-electron chi connectivity index (χ1n) is 6.23. The van der Waals surface area contributed by atoms with Crippen molar-refractivity contribution >= 4 is 15.9 Å². The van der Waals surface area contributed by atoms with Crippen LogP contribution in [0.4, 0.5) is 0 Å². The van der Waals surface area contributed by atoms with Crippen LogP contribution in [0, 0.1) is 0 Å². The third-order valence-corrected chi connectivity index (χ3v) is 4.01. The van der Waals surface area contributed by atoms with Crippen molar-refractivity contribution < 1.29 is 17.9 Å². The van der Waals surface area contributed by atoms with Crippen LogP contribution in [0.3, 0.4) is 0 Å². The highest BCUT2D eigenvalue weighted by molar-refractivity contribution is 7.89. The highest BCUT2D eigenvalue weighted by Gasteiger charge is 2.19. The van der Waals surface area contributed by atoms with E-state index in [0.29, 0.717) is 11.3 Å². The van der Waals surface area contributed by atoms with Crippen LogP contribution in [0.1, 0.15) is 15.9 Å². The monoisotopic (exact) mass is 305 g/mol. The Morgan fingerprint density at radius 1 is 1.05 bits per heavy atom. The molecule has 5 nitrogen and oxygen atoms in total.